The van der Waals surface area contributed by atoms with E-state index in [0.717, 1.165) is 30.6 Å². The molecule has 3 aromatic rings. The SMILES string of the molecule is CCNC(=NCc1ccccn1)NCc1nccn1Cc1ccccc1.I. The van der Waals surface area contributed by atoms with Crippen LogP contribution in [0.5, 0.6) is 0 Å². The molecule has 0 saturated carbocycles. The molecule has 0 bridgehead atoms. The van der Waals surface area contributed by atoms with Gasteiger partial charge in [-0.25, -0.2) is 9.98 Å². The summed E-state index contributed by atoms with van der Waals surface area (Å²) in [5.74, 6) is 1.73. The molecule has 142 valence electrons. The first kappa shape index (κ1) is 20.9. The van der Waals surface area contributed by atoms with Crippen LogP contribution in [0.3, 0.4) is 0 Å². The van der Waals surface area contributed by atoms with Crippen molar-refractivity contribution in [1.29, 1.82) is 0 Å². The van der Waals surface area contributed by atoms with Crippen molar-refractivity contribution in [3.63, 3.8) is 0 Å². The second-order valence-electron chi connectivity index (χ2n) is 5.83. The van der Waals surface area contributed by atoms with Crippen molar-refractivity contribution in [1.82, 2.24) is 25.2 Å². The molecule has 0 radical (unpaired) electrons. The number of pyridine rings is 1. The van der Waals surface area contributed by atoms with Crippen molar-refractivity contribution in [2.45, 2.75) is 26.6 Å². The third-order valence-corrected chi connectivity index (χ3v) is 3.88. The van der Waals surface area contributed by atoms with E-state index in [1.807, 2.05) is 43.6 Å². The van der Waals surface area contributed by atoms with Crippen molar-refractivity contribution in [3.05, 3.63) is 84.2 Å². The average Bonchev–Trinajstić information content (AvgIpc) is 3.12. The summed E-state index contributed by atoms with van der Waals surface area (Å²) in [4.78, 5) is 13.4. The molecule has 2 aromatic heterocycles. The molecule has 0 aliphatic rings. The number of aromatic nitrogens is 3. The third kappa shape index (κ3) is 6.67. The van der Waals surface area contributed by atoms with Gasteiger partial charge in [0.25, 0.3) is 0 Å². The number of imidazole rings is 1. The molecule has 2 heterocycles. The van der Waals surface area contributed by atoms with E-state index in [4.69, 9.17) is 0 Å². The Labute approximate surface area is 177 Å². The van der Waals surface area contributed by atoms with Gasteiger partial charge in [-0.1, -0.05) is 36.4 Å². The molecule has 1 aromatic carbocycles. The second-order valence-corrected chi connectivity index (χ2v) is 5.83. The average molecular weight is 476 g/mol. The van der Waals surface area contributed by atoms with Gasteiger partial charge < -0.3 is 15.2 Å². The zero-order valence-electron chi connectivity index (χ0n) is 15.4. The Morgan fingerprint density at radius 2 is 1.81 bits per heavy atom. The van der Waals surface area contributed by atoms with Crippen molar-refractivity contribution in [3.8, 4) is 0 Å². The monoisotopic (exact) mass is 476 g/mol. The van der Waals surface area contributed by atoms with E-state index in [9.17, 15) is 0 Å². The molecule has 0 saturated heterocycles. The van der Waals surface area contributed by atoms with Crippen LogP contribution in [-0.4, -0.2) is 27.0 Å². The standard InChI is InChI=1S/C20H24N6.HI/c1-2-21-20(24-14-18-10-6-7-11-22-18)25-15-19-23-12-13-26(19)16-17-8-4-3-5-9-17;/h3-13H,2,14-16H2,1H3,(H2,21,24,25);1H. The topological polar surface area (TPSA) is 67.1 Å². The van der Waals surface area contributed by atoms with Crippen LogP contribution in [0.15, 0.2) is 72.1 Å². The number of guanidine groups is 1. The van der Waals surface area contributed by atoms with Crippen LogP contribution < -0.4 is 10.6 Å². The van der Waals surface area contributed by atoms with Crippen molar-refractivity contribution in [2.75, 3.05) is 6.54 Å². The Kier molecular flexibility index (Phi) is 8.76. The number of hydrogen-bond donors (Lipinski definition) is 2. The number of nitrogens with zero attached hydrogens (tertiary/aromatic N) is 4. The van der Waals surface area contributed by atoms with Gasteiger partial charge in [-0.15, -0.1) is 24.0 Å². The molecule has 0 aliphatic carbocycles. The van der Waals surface area contributed by atoms with Crippen LogP contribution in [0, 0.1) is 0 Å². The summed E-state index contributed by atoms with van der Waals surface area (Å²) < 4.78 is 2.14. The van der Waals surface area contributed by atoms with Gasteiger partial charge in [-0.3, -0.25) is 4.98 Å². The maximum Gasteiger partial charge on any atom is 0.192 e. The first-order valence-electron chi connectivity index (χ1n) is 8.81. The zero-order valence-corrected chi connectivity index (χ0v) is 17.7. The van der Waals surface area contributed by atoms with E-state index in [2.05, 4.69) is 54.4 Å². The van der Waals surface area contributed by atoms with Crippen LogP contribution in [0.4, 0.5) is 0 Å². The van der Waals surface area contributed by atoms with Gasteiger partial charge in [-0.2, -0.15) is 0 Å². The summed E-state index contributed by atoms with van der Waals surface area (Å²) in [6.07, 6.45) is 5.62. The Hall–Kier alpha value is -2.42. The lowest BCUT2D eigenvalue weighted by Gasteiger charge is -2.12. The van der Waals surface area contributed by atoms with Gasteiger partial charge in [0.15, 0.2) is 5.96 Å². The number of benzene rings is 1. The number of hydrogen-bond acceptors (Lipinski definition) is 3. The fraction of sp³-hybridized carbons (Fsp3) is 0.250. The predicted octanol–water partition coefficient (Wildman–Crippen LogP) is 3.20. The maximum atomic E-state index is 4.59. The van der Waals surface area contributed by atoms with E-state index in [1.54, 1.807) is 6.20 Å². The van der Waals surface area contributed by atoms with E-state index >= 15 is 0 Å². The normalized spacial score (nSPS) is 10.9. The summed E-state index contributed by atoms with van der Waals surface area (Å²) in [6, 6.07) is 16.2. The van der Waals surface area contributed by atoms with Crippen molar-refractivity contribution >= 4 is 29.9 Å². The van der Waals surface area contributed by atoms with Crippen LogP contribution in [0.1, 0.15) is 24.0 Å². The third-order valence-electron chi connectivity index (χ3n) is 3.88. The van der Waals surface area contributed by atoms with Gasteiger partial charge in [0.2, 0.25) is 0 Å². The fourth-order valence-corrected chi connectivity index (χ4v) is 2.59. The summed E-state index contributed by atoms with van der Waals surface area (Å²) in [5, 5.41) is 6.61. The Morgan fingerprint density at radius 3 is 2.56 bits per heavy atom. The first-order chi connectivity index (χ1) is 12.8. The minimum atomic E-state index is 0. The Balaban J connectivity index is 0.00000261. The van der Waals surface area contributed by atoms with Crippen LogP contribution in [-0.2, 0) is 19.6 Å². The quantitative estimate of drug-likeness (QED) is 0.312. The summed E-state index contributed by atoms with van der Waals surface area (Å²) in [7, 11) is 0. The lowest BCUT2D eigenvalue weighted by molar-refractivity contribution is 0.688. The maximum absolute atomic E-state index is 4.59. The molecule has 0 amide bonds. The summed E-state index contributed by atoms with van der Waals surface area (Å²) in [5.41, 5.74) is 2.19. The molecule has 0 atom stereocenters. The van der Waals surface area contributed by atoms with Crippen molar-refractivity contribution in [2.24, 2.45) is 4.99 Å². The number of halogens is 1. The minimum Gasteiger partial charge on any atom is -0.357 e. The van der Waals surface area contributed by atoms with Crippen LogP contribution in [0.2, 0.25) is 0 Å². The summed E-state index contributed by atoms with van der Waals surface area (Å²) >= 11 is 0. The van der Waals surface area contributed by atoms with Gasteiger partial charge in [0.05, 0.1) is 18.8 Å². The lowest BCUT2D eigenvalue weighted by Crippen LogP contribution is -2.37. The zero-order chi connectivity index (χ0) is 18.0. The van der Waals surface area contributed by atoms with Gasteiger partial charge >= 0.3 is 0 Å². The first-order valence-corrected chi connectivity index (χ1v) is 8.81. The van der Waals surface area contributed by atoms with Gasteiger partial charge in [-0.05, 0) is 24.6 Å². The molecule has 6 nitrogen and oxygen atoms in total. The molecular weight excluding hydrogens is 451 g/mol. The van der Waals surface area contributed by atoms with E-state index in [0.29, 0.717) is 13.1 Å². The Morgan fingerprint density at radius 1 is 1.00 bits per heavy atom. The largest absolute Gasteiger partial charge is 0.357 e. The highest BCUT2D eigenvalue weighted by Gasteiger charge is 2.05. The van der Waals surface area contributed by atoms with Crippen molar-refractivity contribution < 1.29 is 0 Å². The highest BCUT2D eigenvalue weighted by molar-refractivity contribution is 14.0. The molecule has 3 rings (SSSR count). The highest BCUT2D eigenvalue weighted by atomic mass is 127. The van der Waals surface area contributed by atoms with E-state index in [1.165, 1.54) is 5.56 Å². The fourth-order valence-electron chi connectivity index (χ4n) is 2.59. The molecule has 7 heteroatoms. The van der Waals surface area contributed by atoms with E-state index in [-0.39, 0.29) is 24.0 Å². The minimum absolute atomic E-state index is 0. The second kappa shape index (κ2) is 11.3. The molecular formula is C20H25IN6. The number of nitrogens with one attached hydrogen (secondary N) is 2. The Bertz CT molecular complexity index is 817. The highest BCUT2D eigenvalue weighted by Crippen LogP contribution is 2.05. The number of rotatable bonds is 7. The molecule has 0 spiro atoms. The number of aliphatic imine (C=N–C) groups is 1. The van der Waals surface area contributed by atoms with Gasteiger partial charge in [0.1, 0.15) is 5.82 Å². The van der Waals surface area contributed by atoms with Crippen LogP contribution >= 0.6 is 24.0 Å². The smallest absolute Gasteiger partial charge is 0.192 e. The van der Waals surface area contributed by atoms with Crippen LogP contribution in [0.25, 0.3) is 0 Å². The van der Waals surface area contributed by atoms with Gasteiger partial charge in [0, 0.05) is 31.7 Å². The summed E-state index contributed by atoms with van der Waals surface area (Å²) in [6.45, 7) is 4.79. The van der Waals surface area contributed by atoms with E-state index < -0.39 is 0 Å². The molecule has 27 heavy (non-hydrogen) atoms. The molecule has 0 aliphatic heterocycles. The predicted molar refractivity (Wildman–Crippen MR) is 119 cm³/mol. The lowest BCUT2D eigenvalue weighted by atomic mass is 10.2. The molecule has 0 unspecified atom stereocenters. The molecule has 2 N–H and O–H groups in total. The molecule has 0 fully saturated rings.